The molecule has 1 heterocycles. The molecule has 0 radical (unpaired) electrons. The first-order valence-electron chi connectivity index (χ1n) is 7.31. The highest BCUT2D eigenvalue weighted by Gasteiger charge is 2.52. The van der Waals surface area contributed by atoms with Crippen LogP contribution < -0.4 is 9.64 Å². The Balaban J connectivity index is 2.01. The minimum absolute atomic E-state index is 0.251. The third-order valence-corrected chi connectivity index (χ3v) is 3.82. The number of rotatable bonds is 4. The molecule has 1 fully saturated rings. The average Bonchev–Trinajstić information content (AvgIpc) is 2.58. The van der Waals surface area contributed by atoms with Crippen LogP contribution in [0, 0.1) is 0 Å². The highest BCUT2D eigenvalue weighted by Crippen LogP contribution is 2.44. The lowest BCUT2D eigenvalue weighted by Crippen LogP contribution is -2.60. The van der Waals surface area contributed by atoms with Crippen molar-refractivity contribution in [1.29, 1.82) is 0 Å². The van der Waals surface area contributed by atoms with Crippen LogP contribution in [0.2, 0.25) is 0 Å². The van der Waals surface area contributed by atoms with Crippen molar-refractivity contribution in [3.63, 3.8) is 0 Å². The zero-order chi connectivity index (χ0) is 16.4. The van der Waals surface area contributed by atoms with Gasteiger partial charge in [0.15, 0.2) is 0 Å². The molecule has 1 aliphatic rings. The largest absolute Gasteiger partial charge is 0.495 e. The van der Waals surface area contributed by atoms with Gasteiger partial charge in [0.25, 0.3) is 5.91 Å². The van der Waals surface area contributed by atoms with E-state index in [1.54, 1.807) is 18.1 Å². The Bertz CT molecular complexity index is 729. The molecule has 3 rings (SSSR count). The lowest BCUT2D eigenvalue weighted by Gasteiger charge is -2.46. The van der Waals surface area contributed by atoms with Gasteiger partial charge in [0.1, 0.15) is 11.8 Å². The van der Waals surface area contributed by atoms with E-state index in [2.05, 4.69) is 0 Å². The minimum Gasteiger partial charge on any atom is -0.495 e. The van der Waals surface area contributed by atoms with Crippen LogP contribution in [0.3, 0.4) is 0 Å². The number of carbonyl (C=O) groups is 2. The fourth-order valence-electron chi connectivity index (χ4n) is 2.83. The van der Waals surface area contributed by atoms with E-state index in [1.165, 1.54) is 6.92 Å². The van der Waals surface area contributed by atoms with E-state index in [4.69, 9.17) is 9.47 Å². The maximum absolute atomic E-state index is 12.5. The maximum atomic E-state index is 12.5. The first kappa shape index (κ1) is 15.1. The molecule has 2 atom stereocenters. The monoisotopic (exact) mass is 311 g/mol. The maximum Gasteiger partial charge on any atom is 0.303 e. The average molecular weight is 311 g/mol. The van der Waals surface area contributed by atoms with Crippen molar-refractivity contribution in [3.05, 3.63) is 60.2 Å². The van der Waals surface area contributed by atoms with Crippen LogP contribution in [0.1, 0.15) is 18.5 Å². The molecule has 23 heavy (non-hydrogen) atoms. The molecule has 0 spiro atoms. The first-order chi connectivity index (χ1) is 11.1. The SMILES string of the molecule is COc1ccccc1N1C(=O)C(OC(C)=O)C1c1ccccc1. The van der Waals surface area contributed by atoms with E-state index >= 15 is 0 Å². The van der Waals surface area contributed by atoms with Crippen LogP contribution in [0.4, 0.5) is 5.69 Å². The Kier molecular flexibility index (Phi) is 4.02. The number of carbonyl (C=O) groups excluding carboxylic acids is 2. The fraction of sp³-hybridized carbons (Fsp3) is 0.222. The van der Waals surface area contributed by atoms with Crippen LogP contribution in [-0.2, 0) is 14.3 Å². The highest BCUT2D eigenvalue weighted by molar-refractivity contribution is 6.06. The molecular formula is C18H17NO4. The number of esters is 1. The topological polar surface area (TPSA) is 55.8 Å². The van der Waals surface area contributed by atoms with Crippen LogP contribution in [0.5, 0.6) is 5.75 Å². The van der Waals surface area contributed by atoms with Gasteiger partial charge >= 0.3 is 5.97 Å². The summed E-state index contributed by atoms with van der Waals surface area (Å²) in [6, 6.07) is 16.4. The Morgan fingerprint density at radius 3 is 2.35 bits per heavy atom. The van der Waals surface area contributed by atoms with Crippen molar-refractivity contribution >= 4 is 17.6 Å². The second-order valence-corrected chi connectivity index (χ2v) is 5.27. The molecular weight excluding hydrogens is 294 g/mol. The van der Waals surface area contributed by atoms with Crippen molar-refractivity contribution < 1.29 is 19.1 Å². The molecule has 5 heteroatoms. The molecule has 5 nitrogen and oxygen atoms in total. The van der Waals surface area contributed by atoms with Crippen molar-refractivity contribution in [2.24, 2.45) is 0 Å². The van der Waals surface area contributed by atoms with Gasteiger partial charge in [0.05, 0.1) is 12.8 Å². The van der Waals surface area contributed by atoms with Gasteiger partial charge in [-0.25, -0.2) is 0 Å². The number of anilines is 1. The number of hydrogen-bond donors (Lipinski definition) is 0. The van der Waals surface area contributed by atoms with Gasteiger partial charge in [-0.3, -0.25) is 14.5 Å². The summed E-state index contributed by atoms with van der Waals surface area (Å²) >= 11 is 0. The number of ether oxygens (including phenoxy) is 2. The predicted octanol–water partition coefficient (Wildman–Crippen LogP) is 2.71. The van der Waals surface area contributed by atoms with Crippen LogP contribution >= 0.6 is 0 Å². The van der Waals surface area contributed by atoms with Gasteiger partial charge in [-0.1, -0.05) is 42.5 Å². The lowest BCUT2D eigenvalue weighted by molar-refractivity contribution is -0.160. The number of benzene rings is 2. The van der Waals surface area contributed by atoms with Crippen LogP contribution in [-0.4, -0.2) is 25.1 Å². The number of β-lactam (4-membered cyclic amide) rings is 1. The van der Waals surface area contributed by atoms with Crippen LogP contribution in [0.25, 0.3) is 0 Å². The van der Waals surface area contributed by atoms with Gasteiger partial charge in [-0.15, -0.1) is 0 Å². The second-order valence-electron chi connectivity index (χ2n) is 5.27. The highest BCUT2D eigenvalue weighted by atomic mass is 16.6. The van der Waals surface area contributed by atoms with Gasteiger partial charge in [0, 0.05) is 6.92 Å². The summed E-state index contributed by atoms with van der Waals surface area (Å²) in [6.07, 6.45) is -0.806. The molecule has 0 N–H and O–H groups in total. The van der Waals surface area contributed by atoms with Gasteiger partial charge in [-0.2, -0.15) is 0 Å². The van der Waals surface area contributed by atoms with Crippen molar-refractivity contribution in [2.45, 2.75) is 19.1 Å². The molecule has 0 bridgehead atoms. The number of nitrogens with zero attached hydrogens (tertiary/aromatic N) is 1. The minimum atomic E-state index is -0.806. The van der Waals surface area contributed by atoms with Crippen molar-refractivity contribution in [2.75, 3.05) is 12.0 Å². The van der Waals surface area contributed by atoms with E-state index in [1.807, 2.05) is 48.5 Å². The number of amides is 1. The normalized spacial score (nSPS) is 19.9. The van der Waals surface area contributed by atoms with Crippen molar-refractivity contribution in [3.8, 4) is 5.75 Å². The molecule has 118 valence electrons. The lowest BCUT2D eigenvalue weighted by atomic mass is 9.89. The van der Waals surface area contributed by atoms with Crippen LogP contribution in [0.15, 0.2) is 54.6 Å². The third kappa shape index (κ3) is 2.65. The predicted molar refractivity (Wildman–Crippen MR) is 85.2 cm³/mol. The Morgan fingerprint density at radius 2 is 1.70 bits per heavy atom. The van der Waals surface area contributed by atoms with Gasteiger partial charge < -0.3 is 9.47 Å². The molecule has 2 aromatic rings. The summed E-state index contributed by atoms with van der Waals surface area (Å²) in [5.41, 5.74) is 1.57. The summed E-state index contributed by atoms with van der Waals surface area (Å²) in [6.45, 7) is 1.31. The fourth-order valence-corrected chi connectivity index (χ4v) is 2.83. The zero-order valence-corrected chi connectivity index (χ0v) is 12.9. The van der Waals surface area contributed by atoms with Crippen molar-refractivity contribution in [1.82, 2.24) is 0 Å². The molecule has 0 aromatic heterocycles. The Morgan fingerprint density at radius 1 is 1.04 bits per heavy atom. The van der Waals surface area contributed by atoms with Gasteiger partial charge in [-0.05, 0) is 17.7 Å². The molecule has 2 unspecified atom stereocenters. The summed E-state index contributed by atoms with van der Waals surface area (Å²) < 4.78 is 10.6. The Hall–Kier alpha value is -2.82. The molecule has 1 saturated heterocycles. The molecule has 1 amide bonds. The molecule has 0 aliphatic carbocycles. The number of para-hydroxylation sites is 2. The molecule has 0 saturated carbocycles. The smallest absolute Gasteiger partial charge is 0.303 e. The van der Waals surface area contributed by atoms with E-state index in [0.29, 0.717) is 11.4 Å². The third-order valence-electron chi connectivity index (χ3n) is 3.82. The summed E-state index contributed by atoms with van der Waals surface area (Å²) in [7, 11) is 1.56. The summed E-state index contributed by atoms with van der Waals surface area (Å²) in [5.74, 6) is -0.120. The second kappa shape index (κ2) is 6.12. The zero-order valence-electron chi connectivity index (χ0n) is 12.9. The van der Waals surface area contributed by atoms with E-state index in [0.717, 1.165) is 5.56 Å². The Labute approximate surface area is 134 Å². The summed E-state index contributed by atoms with van der Waals surface area (Å²) in [4.78, 5) is 25.5. The van der Waals surface area contributed by atoms with E-state index < -0.39 is 12.1 Å². The first-order valence-corrected chi connectivity index (χ1v) is 7.31. The molecule has 2 aromatic carbocycles. The number of hydrogen-bond acceptors (Lipinski definition) is 4. The van der Waals surface area contributed by atoms with Gasteiger partial charge in [0.2, 0.25) is 6.10 Å². The summed E-state index contributed by atoms with van der Waals surface area (Å²) in [5, 5.41) is 0. The number of methoxy groups -OCH3 is 1. The quantitative estimate of drug-likeness (QED) is 0.643. The molecule has 1 aliphatic heterocycles. The van der Waals surface area contributed by atoms with E-state index in [9.17, 15) is 9.59 Å². The standard InChI is InChI=1S/C18H17NO4/c1-12(20)23-17-16(13-8-4-3-5-9-13)19(18(17)21)14-10-6-7-11-15(14)22-2/h3-11,16-17H,1-2H3. The van der Waals surface area contributed by atoms with E-state index in [-0.39, 0.29) is 11.9 Å².